The number of benzene rings is 1. The molecular weight excluding hydrogens is 310 g/mol. The summed E-state index contributed by atoms with van der Waals surface area (Å²) in [6.07, 6.45) is 2.08. The van der Waals surface area contributed by atoms with Gasteiger partial charge in [0, 0.05) is 13.6 Å². The molecule has 0 spiro atoms. The molecule has 0 bridgehead atoms. The molecule has 1 N–H and O–H groups in total. The summed E-state index contributed by atoms with van der Waals surface area (Å²) in [5, 5.41) is 6.88. The van der Waals surface area contributed by atoms with Crippen molar-refractivity contribution >= 4 is 17.5 Å². The molecule has 4 rings (SSSR count). The van der Waals surface area contributed by atoms with Crippen LogP contribution in [0.2, 0.25) is 0 Å². The second kappa shape index (κ2) is 5.63. The Kier molecular flexibility index (Phi) is 3.44. The summed E-state index contributed by atoms with van der Waals surface area (Å²) < 4.78 is 7.43. The van der Waals surface area contributed by atoms with Crippen LogP contribution in [0.4, 0.5) is 5.69 Å². The first-order valence-electron chi connectivity index (χ1n) is 7.82. The predicted molar refractivity (Wildman–Crippen MR) is 84.7 cm³/mol. The number of anilines is 1. The first kappa shape index (κ1) is 14.7. The third kappa shape index (κ3) is 2.31. The second-order valence-electron chi connectivity index (χ2n) is 5.92. The number of para-hydroxylation sites is 2. The molecule has 2 aliphatic heterocycles. The van der Waals surface area contributed by atoms with Gasteiger partial charge >= 0.3 is 0 Å². The Labute approximate surface area is 138 Å². The molecule has 3 heterocycles. The summed E-state index contributed by atoms with van der Waals surface area (Å²) in [7, 11) is 1.68. The minimum absolute atomic E-state index is 0.103. The van der Waals surface area contributed by atoms with E-state index < -0.39 is 6.04 Å². The smallest absolute Gasteiger partial charge is 0.252 e. The molecular formula is C16H17N5O3. The second-order valence-corrected chi connectivity index (χ2v) is 5.92. The lowest BCUT2D eigenvalue weighted by atomic mass is 10.1. The highest BCUT2D eigenvalue weighted by molar-refractivity contribution is 6.01. The van der Waals surface area contributed by atoms with Gasteiger partial charge in [-0.25, -0.2) is 9.67 Å². The van der Waals surface area contributed by atoms with Crippen molar-refractivity contribution in [3.05, 3.63) is 36.4 Å². The van der Waals surface area contributed by atoms with Gasteiger partial charge in [0.25, 0.3) is 5.91 Å². The molecule has 1 aromatic heterocycles. The summed E-state index contributed by atoms with van der Waals surface area (Å²) in [4.78, 5) is 30.9. The topological polar surface area (TPSA) is 89.4 Å². The Morgan fingerprint density at radius 1 is 1.38 bits per heavy atom. The van der Waals surface area contributed by atoms with Crippen molar-refractivity contribution in [2.45, 2.75) is 24.9 Å². The lowest BCUT2D eigenvalue weighted by Crippen LogP contribution is -2.50. The SMILES string of the molecule is CN1C(=O)[C@@H](NC(=O)C2CCn3ncnc32)COc2ccccc21. The van der Waals surface area contributed by atoms with Crippen LogP contribution in [0.1, 0.15) is 18.2 Å². The van der Waals surface area contributed by atoms with Gasteiger partial charge in [-0.1, -0.05) is 12.1 Å². The van der Waals surface area contributed by atoms with Gasteiger partial charge in [0.05, 0.1) is 11.6 Å². The molecule has 0 aliphatic carbocycles. The molecule has 8 nitrogen and oxygen atoms in total. The molecule has 2 aliphatic rings. The maximum Gasteiger partial charge on any atom is 0.252 e. The number of rotatable bonds is 2. The highest BCUT2D eigenvalue weighted by atomic mass is 16.5. The van der Waals surface area contributed by atoms with E-state index in [1.54, 1.807) is 11.7 Å². The van der Waals surface area contributed by atoms with E-state index in [1.807, 2.05) is 24.3 Å². The number of carbonyl (C=O) groups is 2. The van der Waals surface area contributed by atoms with Crippen LogP contribution in [0.15, 0.2) is 30.6 Å². The molecule has 0 saturated heterocycles. The molecule has 2 atom stereocenters. The number of nitrogens with one attached hydrogen (secondary N) is 1. The summed E-state index contributed by atoms with van der Waals surface area (Å²) in [6.45, 7) is 0.763. The fourth-order valence-electron chi connectivity index (χ4n) is 3.17. The molecule has 2 aromatic rings. The van der Waals surface area contributed by atoms with E-state index in [0.717, 1.165) is 0 Å². The normalized spacial score (nSPS) is 22.4. The maximum absolute atomic E-state index is 12.7. The van der Waals surface area contributed by atoms with E-state index in [9.17, 15) is 9.59 Å². The molecule has 0 radical (unpaired) electrons. The van der Waals surface area contributed by atoms with Crippen molar-refractivity contribution in [1.82, 2.24) is 20.1 Å². The maximum atomic E-state index is 12.7. The van der Waals surface area contributed by atoms with Gasteiger partial charge in [-0.3, -0.25) is 9.59 Å². The highest BCUT2D eigenvalue weighted by Gasteiger charge is 2.35. The molecule has 124 valence electrons. The summed E-state index contributed by atoms with van der Waals surface area (Å²) in [5.41, 5.74) is 0.694. The third-order valence-corrected chi connectivity index (χ3v) is 4.48. The highest BCUT2D eigenvalue weighted by Crippen LogP contribution is 2.30. The van der Waals surface area contributed by atoms with Crippen LogP contribution < -0.4 is 15.0 Å². The Hall–Kier alpha value is -2.90. The van der Waals surface area contributed by atoms with E-state index in [4.69, 9.17) is 4.74 Å². The number of likely N-dealkylation sites (N-methyl/N-ethyl adjacent to an activating group) is 1. The van der Waals surface area contributed by atoms with E-state index in [2.05, 4.69) is 15.4 Å². The number of hydrogen-bond acceptors (Lipinski definition) is 5. The zero-order valence-electron chi connectivity index (χ0n) is 13.2. The van der Waals surface area contributed by atoms with Crippen molar-refractivity contribution in [3.63, 3.8) is 0 Å². The average Bonchev–Trinajstić information content (AvgIpc) is 3.18. The molecule has 0 fully saturated rings. The standard InChI is InChI=1S/C16H17N5O3/c1-20-12-4-2-3-5-13(12)24-8-11(16(20)23)19-15(22)10-6-7-21-14(10)17-9-18-21/h2-5,9-11H,6-8H2,1H3,(H,19,22)/t10?,11-/m0/s1. The van der Waals surface area contributed by atoms with Gasteiger partial charge in [0.2, 0.25) is 5.91 Å². The van der Waals surface area contributed by atoms with Gasteiger partial charge < -0.3 is 15.0 Å². The van der Waals surface area contributed by atoms with Crippen LogP contribution >= 0.6 is 0 Å². The van der Waals surface area contributed by atoms with Crippen molar-refractivity contribution < 1.29 is 14.3 Å². The number of hydrogen-bond donors (Lipinski definition) is 1. The zero-order chi connectivity index (χ0) is 16.7. The van der Waals surface area contributed by atoms with Crippen LogP contribution in [0.25, 0.3) is 0 Å². The molecule has 24 heavy (non-hydrogen) atoms. The summed E-state index contributed by atoms with van der Waals surface area (Å²) in [6, 6.07) is 6.59. The van der Waals surface area contributed by atoms with Crippen LogP contribution in [0.5, 0.6) is 5.75 Å². The van der Waals surface area contributed by atoms with Crippen LogP contribution in [0.3, 0.4) is 0 Å². The minimum atomic E-state index is -0.730. The van der Waals surface area contributed by atoms with Gasteiger partial charge in [-0.15, -0.1) is 0 Å². The number of carbonyl (C=O) groups excluding carboxylic acids is 2. The Bertz CT molecular complexity index is 803. The molecule has 2 amide bonds. The van der Waals surface area contributed by atoms with E-state index in [-0.39, 0.29) is 24.3 Å². The number of aromatic nitrogens is 3. The Balaban J connectivity index is 1.52. The fraction of sp³-hybridized carbons (Fsp3) is 0.375. The quantitative estimate of drug-likeness (QED) is 0.857. The Morgan fingerprint density at radius 3 is 3.08 bits per heavy atom. The van der Waals surface area contributed by atoms with Crippen molar-refractivity contribution in [3.8, 4) is 5.75 Å². The van der Waals surface area contributed by atoms with E-state index in [0.29, 0.717) is 30.2 Å². The first-order chi connectivity index (χ1) is 11.6. The zero-order valence-corrected chi connectivity index (χ0v) is 13.2. The first-order valence-corrected chi connectivity index (χ1v) is 7.82. The summed E-state index contributed by atoms with van der Waals surface area (Å²) >= 11 is 0. The molecule has 1 unspecified atom stereocenters. The van der Waals surface area contributed by atoms with Crippen molar-refractivity contribution in [2.75, 3.05) is 18.6 Å². The van der Waals surface area contributed by atoms with Crippen molar-refractivity contribution in [2.24, 2.45) is 0 Å². The van der Waals surface area contributed by atoms with Gasteiger partial charge in [-0.2, -0.15) is 5.10 Å². The molecule has 1 aromatic carbocycles. The van der Waals surface area contributed by atoms with Crippen LogP contribution in [-0.4, -0.2) is 46.3 Å². The molecule has 8 heteroatoms. The van der Waals surface area contributed by atoms with E-state index >= 15 is 0 Å². The number of fused-ring (bicyclic) bond motifs is 2. The van der Waals surface area contributed by atoms with Crippen molar-refractivity contribution in [1.29, 1.82) is 0 Å². The minimum Gasteiger partial charge on any atom is -0.489 e. The van der Waals surface area contributed by atoms with Crippen LogP contribution in [0, 0.1) is 0 Å². The lowest BCUT2D eigenvalue weighted by molar-refractivity contribution is -0.128. The number of aryl methyl sites for hydroxylation is 1. The van der Waals surface area contributed by atoms with E-state index in [1.165, 1.54) is 11.2 Å². The van der Waals surface area contributed by atoms with Gasteiger partial charge in [0.1, 0.15) is 30.5 Å². The number of ether oxygens (including phenoxy) is 1. The number of amides is 2. The van der Waals surface area contributed by atoms with Gasteiger partial charge in [0.15, 0.2) is 0 Å². The van der Waals surface area contributed by atoms with Crippen LogP contribution in [-0.2, 0) is 16.1 Å². The Morgan fingerprint density at radius 2 is 2.21 bits per heavy atom. The molecule has 0 saturated carbocycles. The fourth-order valence-corrected chi connectivity index (χ4v) is 3.17. The predicted octanol–water partition coefficient (Wildman–Crippen LogP) is 0.306. The number of nitrogens with zero attached hydrogens (tertiary/aromatic N) is 4. The summed E-state index contributed by atoms with van der Waals surface area (Å²) in [5.74, 6) is 0.476. The third-order valence-electron chi connectivity index (χ3n) is 4.48. The largest absolute Gasteiger partial charge is 0.489 e. The monoisotopic (exact) mass is 327 g/mol. The van der Waals surface area contributed by atoms with Gasteiger partial charge in [-0.05, 0) is 18.6 Å². The average molecular weight is 327 g/mol. The lowest BCUT2D eigenvalue weighted by Gasteiger charge is -2.21.